The van der Waals surface area contributed by atoms with Gasteiger partial charge in [0.25, 0.3) is 0 Å². The third-order valence-electron chi connectivity index (χ3n) is 8.71. The molecule has 0 aromatic heterocycles. The maximum atomic E-state index is 6.60. The molecule has 174 valence electrons. The summed E-state index contributed by atoms with van der Waals surface area (Å²) in [6.07, 6.45) is 4.01. The van der Waals surface area contributed by atoms with Gasteiger partial charge in [-0.2, -0.15) is 0 Å². The Kier molecular flexibility index (Phi) is 4.24. The fraction of sp³-hybridized carbons (Fsp3) is 0.290. The Labute approximate surface area is 207 Å². The zero-order valence-electron chi connectivity index (χ0n) is 20.7. The summed E-state index contributed by atoms with van der Waals surface area (Å²) in [6, 6.07) is 26.2. The Balaban J connectivity index is 1.50. The number of para-hydroxylation sites is 1. The van der Waals surface area contributed by atoms with Crippen molar-refractivity contribution >= 4 is 7.12 Å². The number of hydrogen-bond acceptors (Lipinski definition) is 3. The van der Waals surface area contributed by atoms with Gasteiger partial charge in [0, 0.05) is 17.6 Å². The van der Waals surface area contributed by atoms with Gasteiger partial charge in [0.05, 0.1) is 16.6 Å². The van der Waals surface area contributed by atoms with Crippen LogP contribution in [0.25, 0.3) is 11.1 Å². The fourth-order valence-corrected chi connectivity index (χ4v) is 6.29. The van der Waals surface area contributed by atoms with E-state index >= 15 is 0 Å². The molecular formula is C31H29BO3. The number of hydrogen-bond donors (Lipinski definition) is 0. The van der Waals surface area contributed by atoms with E-state index in [-0.39, 0.29) is 18.3 Å². The van der Waals surface area contributed by atoms with Crippen LogP contribution in [0.5, 0.6) is 5.75 Å². The number of ether oxygens (including phenoxy) is 1. The van der Waals surface area contributed by atoms with Crippen molar-refractivity contribution in [3.05, 3.63) is 112 Å². The molecule has 2 heterocycles. The predicted octanol–water partition coefficient (Wildman–Crippen LogP) is 7.00. The fourth-order valence-electron chi connectivity index (χ4n) is 6.29. The number of benzene rings is 3. The first-order chi connectivity index (χ1) is 16.8. The molecule has 0 N–H and O–H groups in total. The molecule has 4 aliphatic rings. The minimum atomic E-state index is -0.424. The lowest BCUT2D eigenvalue weighted by Crippen LogP contribution is -2.41. The van der Waals surface area contributed by atoms with Gasteiger partial charge < -0.3 is 14.0 Å². The van der Waals surface area contributed by atoms with Crippen molar-refractivity contribution in [3.8, 4) is 16.9 Å². The van der Waals surface area contributed by atoms with E-state index in [0.29, 0.717) is 0 Å². The van der Waals surface area contributed by atoms with E-state index in [1.54, 1.807) is 0 Å². The largest absolute Gasteiger partial charge is 0.490 e. The molecule has 35 heavy (non-hydrogen) atoms. The van der Waals surface area contributed by atoms with Gasteiger partial charge in [0.1, 0.15) is 11.5 Å². The number of allylic oxidation sites excluding steroid dienone is 4. The van der Waals surface area contributed by atoms with E-state index in [4.69, 9.17) is 14.0 Å². The van der Waals surface area contributed by atoms with E-state index in [1.807, 2.05) is 0 Å². The topological polar surface area (TPSA) is 27.7 Å². The van der Waals surface area contributed by atoms with Crippen LogP contribution >= 0.6 is 0 Å². The second-order valence-electron chi connectivity index (χ2n) is 11.1. The van der Waals surface area contributed by atoms with Crippen LogP contribution in [-0.4, -0.2) is 18.3 Å². The molecule has 2 aliphatic carbocycles. The summed E-state index contributed by atoms with van der Waals surface area (Å²) in [5, 5.41) is 0. The first-order valence-corrected chi connectivity index (χ1v) is 12.6. The summed E-state index contributed by atoms with van der Waals surface area (Å²) in [7, 11) is -0.352. The van der Waals surface area contributed by atoms with Gasteiger partial charge in [-0.1, -0.05) is 72.8 Å². The molecule has 0 amide bonds. The van der Waals surface area contributed by atoms with Crippen molar-refractivity contribution in [2.45, 2.75) is 57.2 Å². The SMILES string of the molecule is CC1(C)OB(C2=CC3=C(CC2)Oc2ccccc2C32c3ccccc3-c3ccccc32)OC1(C)C. The van der Waals surface area contributed by atoms with Gasteiger partial charge in [-0.3, -0.25) is 0 Å². The zero-order chi connectivity index (χ0) is 24.0. The molecule has 0 unspecified atom stereocenters. The Morgan fingerprint density at radius 1 is 0.657 bits per heavy atom. The predicted molar refractivity (Wildman–Crippen MR) is 139 cm³/mol. The second-order valence-corrected chi connectivity index (χ2v) is 11.1. The Hall–Kier alpha value is -3.08. The summed E-state index contributed by atoms with van der Waals surface area (Å²) in [6.45, 7) is 8.47. The summed E-state index contributed by atoms with van der Waals surface area (Å²) >= 11 is 0. The first-order valence-electron chi connectivity index (χ1n) is 12.6. The van der Waals surface area contributed by atoms with Crippen LogP contribution in [0.4, 0.5) is 0 Å². The molecule has 0 saturated carbocycles. The molecule has 1 spiro atoms. The Morgan fingerprint density at radius 2 is 1.20 bits per heavy atom. The summed E-state index contributed by atoms with van der Waals surface area (Å²) in [5.41, 5.74) is 7.66. The average molecular weight is 460 g/mol. The molecule has 1 saturated heterocycles. The lowest BCUT2D eigenvalue weighted by atomic mass is 9.61. The highest BCUT2D eigenvalue weighted by molar-refractivity contribution is 6.54. The highest BCUT2D eigenvalue weighted by atomic mass is 16.7. The minimum absolute atomic E-state index is 0.352. The minimum Gasteiger partial charge on any atom is -0.461 e. The van der Waals surface area contributed by atoms with Crippen LogP contribution in [0.3, 0.4) is 0 Å². The van der Waals surface area contributed by atoms with Crippen molar-refractivity contribution in [1.29, 1.82) is 0 Å². The Bertz CT molecular complexity index is 1380. The summed E-state index contributed by atoms with van der Waals surface area (Å²) in [5.74, 6) is 2.00. The average Bonchev–Trinajstić information content (AvgIpc) is 3.27. The molecule has 1 fully saturated rings. The van der Waals surface area contributed by atoms with E-state index in [1.165, 1.54) is 38.9 Å². The van der Waals surface area contributed by atoms with Gasteiger partial charge in [0.2, 0.25) is 0 Å². The van der Waals surface area contributed by atoms with Gasteiger partial charge in [-0.25, -0.2) is 0 Å². The van der Waals surface area contributed by atoms with Crippen molar-refractivity contribution in [2.75, 3.05) is 0 Å². The molecule has 2 aliphatic heterocycles. The standard InChI is InChI=1S/C31H29BO3/c1-29(2)30(3,4)35-32(34-29)20-17-18-28-26(19-20)31(25-15-9-10-16-27(25)33-28)23-13-7-5-11-21(23)22-12-6-8-14-24(22)31/h5-16,19H,17-18H2,1-4H3. The van der Waals surface area contributed by atoms with Gasteiger partial charge >= 0.3 is 7.12 Å². The third-order valence-corrected chi connectivity index (χ3v) is 8.71. The molecule has 3 nitrogen and oxygen atoms in total. The van der Waals surface area contributed by atoms with Crippen molar-refractivity contribution in [3.63, 3.8) is 0 Å². The molecular weight excluding hydrogens is 431 g/mol. The second kappa shape index (κ2) is 6.99. The molecule has 0 atom stereocenters. The van der Waals surface area contributed by atoms with E-state index in [0.717, 1.165) is 24.4 Å². The van der Waals surface area contributed by atoms with Gasteiger partial charge in [-0.15, -0.1) is 0 Å². The van der Waals surface area contributed by atoms with Crippen molar-refractivity contribution in [2.24, 2.45) is 0 Å². The van der Waals surface area contributed by atoms with Gasteiger partial charge in [0.15, 0.2) is 0 Å². The third kappa shape index (κ3) is 2.70. The molecule has 7 rings (SSSR count). The molecule has 3 aromatic carbocycles. The van der Waals surface area contributed by atoms with E-state index < -0.39 is 5.41 Å². The number of fused-ring (bicyclic) bond motifs is 8. The van der Waals surface area contributed by atoms with Crippen LogP contribution < -0.4 is 4.74 Å². The first kappa shape index (κ1) is 21.2. The molecule has 0 bridgehead atoms. The number of rotatable bonds is 1. The lowest BCUT2D eigenvalue weighted by molar-refractivity contribution is 0.00578. The smallest absolute Gasteiger partial charge is 0.461 e. The maximum Gasteiger partial charge on any atom is 0.490 e. The molecule has 0 radical (unpaired) electrons. The summed E-state index contributed by atoms with van der Waals surface area (Å²) < 4.78 is 19.6. The quantitative estimate of drug-likeness (QED) is 0.366. The molecule has 4 heteroatoms. The molecule has 3 aromatic rings. The zero-order valence-corrected chi connectivity index (χ0v) is 20.7. The highest BCUT2D eigenvalue weighted by Gasteiger charge is 2.55. The van der Waals surface area contributed by atoms with Gasteiger partial charge in [-0.05, 0) is 67.9 Å². The van der Waals surface area contributed by atoms with Crippen LogP contribution in [-0.2, 0) is 14.7 Å². The van der Waals surface area contributed by atoms with E-state index in [2.05, 4.69) is 107 Å². The van der Waals surface area contributed by atoms with Crippen molar-refractivity contribution < 1.29 is 14.0 Å². The van der Waals surface area contributed by atoms with Crippen LogP contribution in [0, 0.1) is 0 Å². The van der Waals surface area contributed by atoms with Crippen LogP contribution in [0.1, 0.15) is 57.2 Å². The van der Waals surface area contributed by atoms with Crippen LogP contribution in [0.15, 0.2) is 95.7 Å². The monoisotopic (exact) mass is 460 g/mol. The Morgan fingerprint density at radius 3 is 1.83 bits per heavy atom. The normalized spacial score (nSPS) is 22.2. The summed E-state index contributed by atoms with van der Waals surface area (Å²) in [4.78, 5) is 0. The maximum absolute atomic E-state index is 6.60. The van der Waals surface area contributed by atoms with Crippen LogP contribution in [0.2, 0.25) is 0 Å². The lowest BCUT2D eigenvalue weighted by Gasteiger charge is -2.42. The van der Waals surface area contributed by atoms with Crippen molar-refractivity contribution in [1.82, 2.24) is 0 Å². The van der Waals surface area contributed by atoms with E-state index in [9.17, 15) is 0 Å². The highest BCUT2D eigenvalue weighted by Crippen LogP contribution is 2.61.